The number of carboxylic acids is 1. The average Bonchev–Trinajstić information content (AvgIpc) is 2.43. The number of nitrogens with zero attached hydrogens (tertiary/aromatic N) is 1. The summed E-state index contributed by atoms with van der Waals surface area (Å²) in [5.74, 6) is -0.920. The van der Waals surface area contributed by atoms with Crippen LogP contribution in [0.5, 0.6) is 0 Å². The van der Waals surface area contributed by atoms with E-state index < -0.39 is 5.97 Å². The quantitative estimate of drug-likeness (QED) is 0.810. The van der Waals surface area contributed by atoms with Gasteiger partial charge in [-0.05, 0) is 19.8 Å². The number of aryl methyl sites for hydroxylation is 2. The van der Waals surface area contributed by atoms with Gasteiger partial charge in [0.1, 0.15) is 0 Å². The highest BCUT2D eigenvalue weighted by Gasteiger charge is 2.13. The number of thiazole rings is 1. The van der Waals surface area contributed by atoms with E-state index in [2.05, 4.69) is 11.9 Å². The Hall–Kier alpha value is -0.900. The van der Waals surface area contributed by atoms with Crippen molar-refractivity contribution >= 4 is 17.3 Å². The molecule has 13 heavy (non-hydrogen) atoms. The van der Waals surface area contributed by atoms with E-state index in [1.54, 1.807) is 6.92 Å². The topological polar surface area (TPSA) is 50.2 Å². The molecular formula is C9H13NO2S. The van der Waals surface area contributed by atoms with Crippen molar-refractivity contribution in [1.29, 1.82) is 0 Å². The third-order valence-corrected chi connectivity index (χ3v) is 2.82. The molecule has 3 nitrogen and oxygen atoms in total. The number of aromatic carboxylic acids is 1. The third kappa shape index (κ3) is 2.52. The van der Waals surface area contributed by atoms with Gasteiger partial charge in [0.05, 0.1) is 5.01 Å². The highest BCUT2D eigenvalue weighted by molar-refractivity contribution is 7.11. The second kappa shape index (κ2) is 4.37. The Labute approximate surface area is 81.4 Å². The second-order valence-electron chi connectivity index (χ2n) is 2.92. The predicted octanol–water partition coefficient (Wildman–Crippen LogP) is 2.49. The van der Waals surface area contributed by atoms with Crippen molar-refractivity contribution in [2.45, 2.75) is 33.1 Å². The molecule has 0 radical (unpaired) electrons. The molecule has 0 bridgehead atoms. The van der Waals surface area contributed by atoms with Crippen molar-refractivity contribution in [2.24, 2.45) is 0 Å². The molecule has 4 heteroatoms. The van der Waals surface area contributed by atoms with Crippen molar-refractivity contribution in [3.05, 3.63) is 15.6 Å². The monoisotopic (exact) mass is 199 g/mol. The van der Waals surface area contributed by atoms with E-state index in [0.29, 0.717) is 0 Å². The molecule has 72 valence electrons. The zero-order valence-corrected chi connectivity index (χ0v) is 8.65. The van der Waals surface area contributed by atoms with Gasteiger partial charge in [0, 0.05) is 4.88 Å². The number of aromatic nitrogens is 1. The molecule has 0 saturated carbocycles. The van der Waals surface area contributed by atoms with Crippen LogP contribution in [0, 0.1) is 6.92 Å². The van der Waals surface area contributed by atoms with E-state index in [1.807, 2.05) is 0 Å². The summed E-state index contributed by atoms with van der Waals surface area (Å²) in [5.41, 5.74) is 0.219. The van der Waals surface area contributed by atoms with Gasteiger partial charge < -0.3 is 5.11 Å². The van der Waals surface area contributed by atoms with Crippen LogP contribution in [0.1, 0.15) is 40.1 Å². The van der Waals surface area contributed by atoms with Crippen molar-refractivity contribution in [2.75, 3.05) is 0 Å². The number of carbonyl (C=O) groups is 1. The average molecular weight is 199 g/mol. The molecule has 0 amide bonds. The Morgan fingerprint density at radius 2 is 2.31 bits per heavy atom. The summed E-state index contributed by atoms with van der Waals surface area (Å²) in [6.07, 6.45) is 3.09. The van der Waals surface area contributed by atoms with Crippen LogP contribution in [-0.4, -0.2) is 16.1 Å². The van der Waals surface area contributed by atoms with Crippen molar-refractivity contribution in [3.8, 4) is 0 Å². The Kier molecular flexibility index (Phi) is 3.42. The minimum Gasteiger partial charge on any atom is -0.476 e. The summed E-state index contributed by atoms with van der Waals surface area (Å²) in [4.78, 5) is 15.5. The Morgan fingerprint density at radius 3 is 2.77 bits per heavy atom. The van der Waals surface area contributed by atoms with Crippen LogP contribution < -0.4 is 0 Å². The van der Waals surface area contributed by atoms with E-state index in [-0.39, 0.29) is 5.69 Å². The van der Waals surface area contributed by atoms with Gasteiger partial charge in [-0.1, -0.05) is 13.3 Å². The maximum absolute atomic E-state index is 10.7. The van der Waals surface area contributed by atoms with E-state index in [9.17, 15) is 4.79 Å². The number of hydrogen-bond acceptors (Lipinski definition) is 3. The van der Waals surface area contributed by atoms with Crippen molar-refractivity contribution < 1.29 is 9.90 Å². The summed E-state index contributed by atoms with van der Waals surface area (Å²) >= 11 is 1.49. The predicted molar refractivity (Wildman–Crippen MR) is 52.4 cm³/mol. The zero-order chi connectivity index (χ0) is 9.84. The molecule has 0 atom stereocenters. The van der Waals surface area contributed by atoms with Crippen molar-refractivity contribution in [1.82, 2.24) is 4.98 Å². The minimum atomic E-state index is -0.920. The maximum atomic E-state index is 10.7. The number of rotatable bonds is 4. The van der Waals surface area contributed by atoms with Crippen LogP contribution in [0.2, 0.25) is 0 Å². The highest BCUT2D eigenvalue weighted by atomic mass is 32.1. The van der Waals surface area contributed by atoms with Crippen LogP contribution >= 0.6 is 11.3 Å². The van der Waals surface area contributed by atoms with Gasteiger partial charge >= 0.3 is 5.97 Å². The first-order valence-corrected chi connectivity index (χ1v) is 5.16. The lowest BCUT2D eigenvalue weighted by atomic mass is 10.3. The minimum absolute atomic E-state index is 0.219. The Bertz CT molecular complexity index is 307. The molecular weight excluding hydrogens is 186 g/mol. The molecule has 1 heterocycles. The fraction of sp³-hybridized carbons (Fsp3) is 0.556. The molecule has 1 rings (SSSR count). The molecule has 0 aromatic carbocycles. The summed E-state index contributed by atoms with van der Waals surface area (Å²) in [5, 5.41) is 9.69. The Morgan fingerprint density at radius 1 is 1.62 bits per heavy atom. The molecule has 0 aliphatic heterocycles. The summed E-state index contributed by atoms with van der Waals surface area (Å²) in [7, 11) is 0. The third-order valence-electron chi connectivity index (χ3n) is 1.79. The Balaban J connectivity index is 2.76. The number of unbranched alkanes of at least 4 members (excludes halogenated alkanes) is 1. The van der Waals surface area contributed by atoms with E-state index >= 15 is 0 Å². The van der Waals surface area contributed by atoms with Gasteiger partial charge in [-0.3, -0.25) is 0 Å². The van der Waals surface area contributed by atoms with Crippen LogP contribution in [0.15, 0.2) is 0 Å². The maximum Gasteiger partial charge on any atom is 0.355 e. The SMILES string of the molecule is CCCCc1nc(C(=O)O)c(C)s1. The number of hydrogen-bond donors (Lipinski definition) is 1. The fourth-order valence-corrected chi connectivity index (χ4v) is 2.05. The molecule has 1 N–H and O–H groups in total. The largest absolute Gasteiger partial charge is 0.476 e. The first-order chi connectivity index (χ1) is 6.15. The van der Waals surface area contributed by atoms with Crippen LogP contribution in [-0.2, 0) is 6.42 Å². The smallest absolute Gasteiger partial charge is 0.355 e. The lowest BCUT2D eigenvalue weighted by molar-refractivity contribution is 0.0690. The van der Waals surface area contributed by atoms with Gasteiger partial charge in [-0.25, -0.2) is 9.78 Å². The normalized spacial score (nSPS) is 10.3. The summed E-state index contributed by atoms with van der Waals surface area (Å²) in [6, 6.07) is 0. The van der Waals surface area contributed by atoms with E-state index in [4.69, 9.17) is 5.11 Å². The molecule has 0 saturated heterocycles. The molecule has 0 aliphatic carbocycles. The van der Waals surface area contributed by atoms with E-state index in [0.717, 1.165) is 29.1 Å². The zero-order valence-electron chi connectivity index (χ0n) is 7.83. The van der Waals surface area contributed by atoms with E-state index in [1.165, 1.54) is 11.3 Å². The van der Waals surface area contributed by atoms with Gasteiger partial charge in [0.25, 0.3) is 0 Å². The molecule has 0 fully saturated rings. The van der Waals surface area contributed by atoms with Crippen molar-refractivity contribution in [3.63, 3.8) is 0 Å². The van der Waals surface area contributed by atoms with Gasteiger partial charge in [-0.15, -0.1) is 11.3 Å². The number of carboxylic acid groups (broad SMARTS) is 1. The second-order valence-corrected chi connectivity index (χ2v) is 4.21. The summed E-state index contributed by atoms with van der Waals surface area (Å²) in [6.45, 7) is 3.91. The van der Waals surface area contributed by atoms with Crippen LogP contribution in [0.3, 0.4) is 0 Å². The van der Waals surface area contributed by atoms with Crippen LogP contribution in [0.4, 0.5) is 0 Å². The summed E-state index contributed by atoms with van der Waals surface area (Å²) < 4.78 is 0. The molecule has 0 spiro atoms. The van der Waals surface area contributed by atoms with Crippen LogP contribution in [0.25, 0.3) is 0 Å². The fourth-order valence-electron chi connectivity index (χ4n) is 1.08. The van der Waals surface area contributed by atoms with Gasteiger partial charge in [0.2, 0.25) is 0 Å². The highest BCUT2D eigenvalue weighted by Crippen LogP contribution is 2.18. The molecule has 0 unspecified atom stereocenters. The van der Waals surface area contributed by atoms with Gasteiger partial charge in [0.15, 0.2) is 5.69 Å². The first-order valence-electron chi connectivity index (χ1n) is 4.34. The standard InChI is InChI=1S/C9H13NO2S/c1-3-4-5-7-10-8(9(11)12)6(2)13-7/h3-5H2,1-2H3,(H,11,12). The lowest BCUT2D eigenvalue weighted by Crippen LogP contribution is -1.98. The molecule has 1 aromatic rings. The molecule has 0 aliphatic rings. The molecule has 1 aromatic heterocycles. The lowest BCUT2D eigenvalue weighted by Gasteiger charge is -1.90. The first kappa shape index (κ1) is 10.2. The van der Waals surface area contributed by atoms with Gasteiger partial charge in [-0.2, -0.15) is 0 Å².